The summed E-state index contributed by atoms with van der Waals surface area (Å²) in [4.78, 5) is 12.0. The molecular weight excluding hydrogens is 320 g/mol. The molecule has 0 bridgehead atoms. The van der Waals surface area contributed by atoms with E-state index in [1.807, 2.05) is 37.3 Å². The lowest BCUT2D eigenvalue weighted by molar-refractivity contribution is 0.262. The number of carbonyl (C=O) groups excluding carboxylic acids is 1. The van der Waals surface area contributed by atoms with E-state index in [4.69, 9.17) is 4.74 Å². The summed E-state index contributed by atoms with van der Waals surface area (Å²) < 4.78 is 6.07. The summed E-state index contributed by atoms with van der Waals surface area (Å²) in [5, 5.41) is 5.53. The third kappa shape index (κ3) is 3.74. The Morgan fingerprint density at radius 1 is 1.10 bits per heavy atom. The zero-order valence-electron chi connectivity index (χ0n) is 11.2. The van der Waals surface area contributed by atoms with Gasteiger partial charge in [-0.3, -0.25) is 0 Å². The lowest BCUT2D eigenvalue weighted by Crippen LogP contribution is -2.19. The number of benzene rings is 2. The first-order valence-corrected chi connectivity index (χ1v) is 6.86. The molecule has 0 heterocycles. The molecule has 0 aromatic heterocycles. The SMILES string of the molecule is COc1ccc(Br)cc1NC(=O)Nc1ccc(C)cc1. The van der Waals surface area contributed by atoms with Crippen molar-refractivity contribution < 1.29 is 9.53 Å². The van der Waals surface area contributed by atoms with Gasteiger partial charge in [0, 0.05) is 10.2 Å². The number of amides is 2. The Hall–Kier alpha value is -2.01. The largest absolute Gasteiger partial charge is 0.495 e. The van der Waals surface area contributed by atoms with Gasteiger partial charge in [-0.1, -0.05) is 33.6 Å². The Balaban J connectivity index is 2.08. The quantitative estimate of drug-likeness (QED) is 0.873. The molecule has 5 heteroatoms. The van der Waals surface area contributed by atoms with E-state index >= 15 is 0 Å². The number of aryl methyl sites for hydroxylation is 1. The maximum absolute atomic E-state index is 12.0. The van der Waals surface area contributed by atoms with E-state index in [0.717, 1.165) is 15.7 Å². The van der Waals surface area contributed by atoms with Crippen LogP contribution in [0.25, 0.3) is 0 Å². The molecule has 104 valence electrons. The van der Waals surface area contributed by atoms with Crippen LogP contribution in [0, 0.1) is 6.92 Å². The summed E-state index contributed by atoms with van der Waals surface area (Å²) in [6, 6.07) is 12.7. The van der Waals surface area contributed by atoms with Gasteiger partial charge in [0.2, 0.25) is 0 Å². The molecule has 2 N–H and O–H groups in total. The number of carbonyl (C=O) groups is 1. The van der Waals surface area contributed by atoms with Crippen molar-refractivity contribution in [2.45, 2.75) is 6.92 Å². The van der Waals surface area contributed by atoms with Crippen molar-refractivity contribution in [3.05, 3.63) is 52.5 Å². The summed E-state index contributed by atoms with van der Waals surface area (Å²) in [6.45, 7) is 2.00. The van der Waals surface area contributed by atoms with Gasteiger partial charge in [0.1, 0.15) is 5.75 Å². The minimum atomic E-state index is -0.315. The van der Waals surface area contributed by atoms with Gasteiger partial charge in [0.25, 0.3) is 0 Å². The number of hydrogen-bond acceptors (Lipinski definition) is 2. The molecule has 0 atom stereocenters. The predicted molar refractivity (Wildman–Crippen MR) is 84.5 cm³/mol. The standard InChI is InChI=1S/C15H15BrN2O2/c1-10-3-6-12(7-4-10)17-15(19)18-13-9-11(16)5-8-14(13)20-2/h3-9H,1-2H3,(H2,17,18,19). The minimum Gasteiger partial charge on any atom is -0.495 e. The van der Waals surface area contributed by atoms with E-state index in [1.165, 1.54) is 0 Å². The van der Waals surface area contributed by atoms with E-state index in [0.29, 0.717) is 11.4 Å². The van der Waals surface area contributed by atoms with E-state index in [1.54, 1.807) is 19.2 Å². The number of rotatable bonds is 3. The number of hydrogen-bond donors (Lipinski definition) is 2. The number of halogens is 1. The molecule has 0 spiro atoms. The molecule has 0 aliphatic rings. The first-order chi connectivity index (χ1) is 9.58. The normalized spacial score (nSPS) is 9.95. The summed E-state index contributed by atoms with van der Waals surface area (Å²) in [5.74, 6) is 0.604. The molecule has 0 unspecified atom stereocenters. The van der Waals surface area contributed by atoms with Crippen LogP contribution in [-0.4, -0.2) is 13.1 Å². The molecule has 0 saturated carbocycles. The Morgan fingerprint density at radius 3 is 2.45 bits per heavy atom. The van der Waals surface area contributed by atoms with Gasteiger partial charge in [-0.25, -0.2) is 4.79 Å². The highest BCUT2D eigenvalue weighted by molar-refractivity contribution is 9.10. The molecule has 0 aliphatic heterocycles. The van der Waals surface area contributed by atoms with Crippen molar-refractivity contribution in [3.8, 4) is 5.75 Å². The Kier molecular flexibility index (Phi) is 4.63. The molecule has 20 heavy (non-hydrogen) atoms. The minimum absolute atomic E-state index is 0.315. The Labute approximate surface area is 126 Å². The Morgan fingerprint density at radius 2 is 1.80 bits per heavy atom. The maximum atomic E-state index is 12.0. The molecule has 2 rings (SSSR count). The van der Waals surface area contributed by atoms with Crippen molar-refractivity contribution in [1.82, 2.24) is 0 Å². The van der Waals surface area contributed by atoms with Crippen LogP contribution in [0.5, 0.6) is 5.75 Å². The van der Waals surface area contributed by atoms with Crippen LogP contribution in [0.3, 0.4) is 0 Å². The predicted octanol–water partition coefficient (Wildman–Crippen LogP) is 4.41. The second-order valence-electron chi connectivity index (χ2n) is 4.29. The van der Waals surface area contributed by atoms with E-state index in [2.05, 4.69) is 26.6 Å². The number of urea groups is 1. The third-order valence-corrected chi connectivity index (χ3v) is 3.21. The second-order valence-corrected chi connectivity index (χ2v) is 5.21. The van der Waals surface area contributed by atoms with Crippen LogP contribution < -0.4 is 15.4 Å². The molecule has 4 nitrogen and oxygen atoms in total. The fourth-order valence-electron chi connectivity index (χ4n) is 1.70. The van der Waals surface area contributed by atoms with Crippen molar-refractivity contribution >= 4 is 33.3 Å². The molecular formula is C15H15BrN2O2. The zero-order valence-corrected chi connectivity index (χ0v) is 12.8. The highest BCUT2D eigenvalue weighted by Crippen LogP contribution is 2.28. The third-order valence-electron chi connectivity index (χ3n) is 2.72. The van der Waals surface area contributed by atoms with Gasteiger partial charge in [0.15, 0.2) is 0 Å². The van der Waals surface area contributed by atoms with Crippen LogP contribution in [0.4, 0.5) is 16.2 Å². The zero-order chi connectivity index (χ0) is 14.5. The van der Waals surface area contributed by atoms with Gasteiger partial charge in [-0.15, -0.1) is 0 Å². The molecule has 0 aliphatic carbocycles. The first-order valence-electron chi connectivity index (χ1n) is 6.06. The van der Waals surface area contributed by atoms with Gasteiger partial charge in [0.05, 0.1) is 12.8 Å². The van der Waals surface area contributed by atoms with Gasteiger partial charge >= 0.3 is 6.03 Å². The molecule has 2 amide bonds. The lowest BCUT2D eigenvalue weighted by Gasteiger charge is -2.11. The number of ether oxygens (including phenoxy) is 1. The number of anilines is 2. The van der Waals surface area contributed by atoms with Crippen molar-refractivity contribution in [3.63, 3.8) is 0 Å². The van der Waals surface area contributed by atoms with Crippen molar-refractivity contribution in [2.75, 3.05) is 17.7 Å². The van der Waals surface area contributed by atoms with Crippen LogP contribution in [0.2, 0.25) is 0 Å². The summed E-state index contributed by atoms with van der Waals surface area (Å²) in [5.41, 5.74) is 2.48. The fraction of sp³-hybridized carbons (Fsp3) is 0.133. The van der Waals surface area contributed by atoms with Gasteiger partial charge < -0.3 is 15.4 Å². The summed E-state index contributed by atoms with van der Waals surface area (Å²) >= 11 is 3.36. The second kappa shape index (κ2) is 6.43. The average Bonchev–Trinajstić information content (AvgIpc) is 2.41. The molecule has 0 saturated heterocycles. The summed E-state index contributed by atoms with van der Waals surface area (Å²) in [7, 11) is 1.56. The topological polar surface area (TPSA) is 50.4 Å². The van der Waals surface area contributed by atoms with Crippen LogP contribution in [-0.2, 0) is 0 Å². The smallest absolute Gasteiger partial charge is 0.323 e. The maximum Gasteiger partial charge on any atom is 0.323 e. The van der Waals surface area contributed by atoms with Crippen LogP contribution in [0.15, 0.2) is 46.9 Å². The van der Waals surface area contributed by atoms with Gasteiger partial charge in [-0.05, 0) is 37.3 Å². The highest BCUT2D eigenvalue weighted by Gasteiger charge is 2.08. The van der Waals surface area contributed by atoms with Crippen molar-refractivity contribution in [1.29, 1.82) is 0 Å². The molecule has 2 aromatic carbocycles. The van der Waals surface area contributed by atoms with Gasteiger partial charge in [-0.2, -0.15) is 0 Å². The highest BCUT2D eigenvalue weighted by atomic mass is 79.9. The molecule has 2 aromatic rings. The van der Waals surface area contributed by atoms with Crippen LogP contribution in [0.1, 0.15) is 5.56 Å². The fourth-order valence-corrected chi connectivity index (χ4v) is 2.06. The average molecular weight is 335 g/mol. The van der Waals surface area contributed by atoms with Crippen LogP contribution >= 0.6 is 15.9 Å². The van der Waals surface area contributed by atoms with E-state index in [-0.39, 0.29) is 6.03 Å². The van der Waals surface area contributed by atoms with E-state index in [9.17, 15) is 4.79 Å². The van der Waals surface area contributed by atoms with E-state index < -0.39 is 0 Å². The molecule has 0 radical (unpaired) electrons. The molecule has 0 fully saturated rings. The first kappa shape index (κ1) is 14.4. The van der Waals surface area contributed by atoms with Crippen molar-refractivity contribution in [2.24, 2.45) is 0 Å². The number of nitrogens with one attached hydrogen (secondary N) is 2. The summed E-state index contributed by atoms with van der Waals surface area (Å²) in [6.07, 6.45) is 0. The monoisotopic (exact) mass is 334 g/mol. The number of methoxy groups -OCH3 is 1. The lowest BCUT2D eigenvalue weighted by atomic mass is 10.2. The Bertz CT molecular complexity index is 612.